The van der Waals surface area contributed by atoms with Gasteiger partial charge in [-0.05, 0) is 101 Å². The summed E-state index contributed by atoms with van der Waals surface area (Å²) >= 11 is 0. The molecule has 0 aliphatic heterocycles. The molecule has 1 atom stereocenters. The number of fused-ring (bicyclic) bond motifs is 1. The molecule has 1 unspecified atom stereocenters. The molecule has 0 heterocycles. The number of nitrogens with zero attached hydrogens (tertiary/aromatic N) is 2. The molecule has 238 valence electrons. The van der Waals surface area contributed by atoms with Gasteiger partial charge in [0.15, 0.2) is 0 Å². The second-order valence-corrected chi connectivity index (χ2v) is 12.5. The summed E-state index contributed by atoms with van der Waals surface area (Å²) in [7, 11) is 0. The molecule has 7 aromatic carbocycles. The van der Waals surface area contributed by atoms with Crippen LogP contribution < -0.4 is 9.80 Å². The summed E-state index contributed by atoms with van der Waals surface area (Å²) in [6, 6.07) is 62.2. The third kappa shape index (κ3) is 6.21. The lowest BCUT2D eigenvalue weighted by Gasteiger charge is -2.31. The lowest BCUT2D eigenvalue weighted by molar-refractivity contribution is 0.969. The lowest BCUT2D eigenvalue weighted by Crippen LogP contribution is -2.29. The highest BCUT2D eigenvalue weighted by Crippen LogP contribution is 2.38. The number of rotatable bonds is 8. The Kier molecular flexibility index (Phi) is 8.54. The first-order valence-electron chi connectivity index (χ1n) is 17.1. The Morgan fingerprint density at radius 3 is 1.78 bits per heavy atom. The van der Waals surface area contributed by atoms with Gasteiger partial charge in [-0.3, -0.25) is 0 Å². The maximum Gasteiger partial charge on any atom is 0.114 e. The van der Waals surface area contributed by atoms with Crippen LogP contribution in [0.15, 0.2) is 194 Å². The van der Waals surface area contributed by atoms with Gasteiger partial charge in [-0.2, -0.15) is 0 Å². The number of hydrogen-bond acceptors (Lipinski definition) is 2. The van der Waals surface area contributed by atoms with Gasteiger partial charge in [-0.15, -0.1) is 0 Å². The average molecular weight is 641 g/mol. The third-order valence-corrected chi connectivity index (χ3v) is 9.30. The molecule has 7 aromatic rings. The van der Waals surface area contributed by atoms with Crippen molar-refractivity contribution < 1.29 is 0 Å². The molecule has 0 radical (unpaired) electrons. The summed E-state index contributed by atoms with van der Waals surface area (Å²) in [4.78, 5) is 4.68. The molecule has 2 heteroatoms. The van der Waals surface area contributed by atoms with Crippen LogP contribution in [0.4, 0.5) is 28.4 Å². The van der Waals surface area contributed by atoms with E-state index in [0.717, 1.165) is 39.6 Å². The monoisotopic (exact) mass is 640 g/mol. The number of hydrogen-bond donors (Lipinski definition) is 0. The first kappa shape index (κ1) is 30.8. The smallest absolute Gasteiger partial charge is 0.114 e. The van der Waals surface area contributed by atoms with Gasteiger partial charge in [0.1, 0.15) is 6.04 Å². The van der Waals surface area contributed by atoms with E-state index in [0.29, 0.717) is 0 Å². The lowest BCUT2D eigenvalue weighted by atomic mass is 10.0. The Labute approximate surface area is 294 Å². The summed E-state index contributed by atoms with van der Waals surface area (Å²) in [5, 5.41) is 2.42. The van der Waals surface area contributed by atoms with Gasteiger partial charge in [0.25, 0.3) is 0 Å². The molecule has 1 aliphatic carbocycles. The summed E-state index contributed by atoms with van der Waals surface area (Å²) < 4.78 is 0. The van der Waals surface area contributed by atoms with Crippen LogP contribution >= 0.6 is 0 Å². The molecule has 0 spiro atoms. The van der Waals surface area contributed by atoms with E-state index in [9.17, 15) is 0 Å². The fraction of sp³-hybridized carbons (Fsp3) is 0.0417. The van der Waals surface area contributed by atoms with Gasteiger partial charge in [-0.25, -0.2) is 0 Å². The van der Waals surface area contributed by atoms with Crippen molar-refractivity contribution in [1.29, 1.82) is 0 Å². The molecular weight excluding hydrogens is 605 g/mol. The Balaban J connectivity index is 1.11. The highest BCUT2D eigenvalue weighted by molar-refractivity contribution is 5.97. The zero-order valence-electron chi connectivity index (χ0n) is 27.9. The van der Waals surface area contributed by atoms with Gasteiger partial charge < -0.3 is 9.80 Å². The first-order valence-corrected chi connectivity index (χ1v) is 17.1. The van der Waals surface area contributed by atoms with E-state index in [4.69, 9.17) is 0 Å². The highest BCUT2D eigenvalue weighted by atomic mass is 15.2. The Morgan fingerprint density at radius 1 is 0.480 bits per heavy atom. The van der Waals surface area contributed by atoms with Crippen molar-refractivity contribution in [3.05, 3.63) is 205 Å². The van der Waals surface area contributed by atoms with E-state index in [1.54, 1.807) is 0 Å². The third-order valence-electron chi connectivity index (χ3n) is 9.30. The van der Waals surface area contributed by atoms with Gasteiger partial charge >= 0.3 is 0 Å². The van der Waals surface area contributed by atoms with E-state index in [-0.39, 0.29) is 6.04 Å². The molecule has 0 saturated heterocycles. The van der Waals surface area contributed by atoms with E-state index in [1.165, 1.54) is 27.5 Å². The fourth-order valence-electron chi connectivity index (χ4n) is 6.77. The van der Waals surface area contributed by atoms with Crippen LogP contribution in [0.25, 0.3) is 27.5 Å². The standard InChI is InChI=1S/C48H36N2/c1-36-14-8-11-24-47(36)50(48-25-13-19-41-17-9-10-23-46(41)48)43-22-12-18-38(26-31-43)40-29-34-45(35-30-40)49(42-20-6-3-7-21-42)44-32-27-39(28-33-44)37-15-4-2-5-16-37/h2-11,13-21,23-35,43H,1H3. The largest absolute Gasteiger partial charge is 0.323 e. The molecule has 0 N–H and O–H groups in total. The number of allylic oxidation sites excluding steroid dienone is 3. The van der Waals surface area contributed by atoms with Gasteiger partial charge in [0.2, 0.25) is 0 Å². The molecule has 0 fully saturated rings. The molecule has 0 saturated carbocycles. The van der Waals surface area contributed by atoms with Crippen LogP contribution in [0.1, 0.15) is 11.1 Å². The van der Waals surface area contributed by atoms with Crippen LogP contribution in [-0.2, 0) is 0 Å². The number of benzene rings is 7. The summed E-state index contributed by atoms with van der Waals surface area (Å²) in [6.45, 7) is 2.17. The minimum Gasteiger partial charge on any atom is -0.323 e. The molecule has 0 bridgehead atoms. The molecule has 50 heavy (non-hydrogen) atoms. The van der Waals surface area contributed by atoms with Gasteiger partial charge in [0, 0.05) is 28.1 Å². The predicted octanol–water partition coefficient (Wildman–Crippen LogP) is 12.4. The van der Waals surface area contributed by atoms with Crippen molar-refractivity contribution in [2.75, 3.05) is 9.80 Å². The first-order chi connectivity index (χ1) is 24.7. The fourth-order valence-corrected chi connectivity index (χ4v) is 6.77. The summed E-state index contributed by atoms with van der Waals surface area (Å²) in [6.07, 6.45) is 6.49. The SMILES string of the molecule is Cc1ccccc1N(c1cccc2ccccc12)C1C#CC=C(c2ccc(N(c3ccccc3)c3ccc(-c4ccccc4)cc3)cc2)C=C1. The second kappa shape index (κ2) is 13.9. The maximum absolute atomic E-state index is 3.56. The van der Waals surface area contributed by atoms with Gasteiger partial charge in [0.05, 0.1) is 5.69 Å². The van der Waals surface area contributed by atoms with Crippen molar-refractivity contribution in [1.82, 2.24) is 0 Å². The molecule has 2 nitrogen and oxygen atoms in total. The van der Waals surface area contributed by atoms with E-state index < -0.39 is 0 Å². The Hall–Kier alpha value is -6.56. The van der Waals surface area contributed by atoms with Crippen molar-refractivity contribution >= 4 is 44.8 Å². The highest BCUT2D eigenvalue weighted by Gasteiger charge is 2.21. The molecular formula is C48H36N2. The van der Waals surface area contributed by atoms with Crippen molar-refractivity contribution in [2.45, 2.75) is 13.0 Å². The zero-order chi connectivity index (χ0) is 33.7. The maximum atomic E-state index is 3.56. The van der Waals surface area contributed by atoms with Crippen LogP contribution in [-0.4, -0.2) is 6.04 Å². The topological polar surface area (TPSA) is 6.48 Å². The van der Waals surface area contributed by atoms with Crippen molar-refractivity contribution in [3.63, 3.8) is 0 Å². The molecule has 0 amide bonds. The summed E-state index contributed by atoms with van der Waals surface area (Å²) in [5.41, 5.74) is 11.4. The quantitative estimate of drug-likeness (QED) is 0.153. The molecule has 8 rings (SSSR count). The predicted molar refractivity (Wildman–Crippen MR) is 213 cm³/mol. The Morgan fingerprint density at radius 2 is 1.04 bits per heavy atom. The molecule has 1 aliphatic rings. The van der Waals surface area contributed by atoms with Crippen LogP contribution in [0.5, 0.6) is 0 Å². The zero-order valence-corrected chi connectivity index (χ0v) is 27.9. The molecule has 0 aromatic heterocycles. The van der Waals surface area contributed by atoms with Crippen LogP contribution in [0.3, 0.4) is 0 Å². The normalized spacial score (nSPS) is 13.5. The Bertz CT molecular complexity index is 2370. The van der Waals surface area contributed by atoms with E-state index >= 15 is 0 Å². The van der Waals surface area contributed by atoms with Crippen molar-refractivity contribution in [3.8, 4) is 23.0 Å². The van der Waals surface area contributed by atoms with E-state index in [2.05, 4.69) is 217 Å². The van der Waals surface area contributed by atoms with Crippen LogP contribution in [0, 0.1) is 18.8 Å². The number of aryl methyl sites for hydroxylation is 1. The van der Waals surface area contributed by atoms with Gasteiger partial charge in [-0.1, -0.05) is 145 Å². The van der Waals surface area contributed by atoms with E-state index in [1.807, 2.05) is 6.08 Å². The van der Waals surface area contributed by atoms with Crippen LogP contribution in [0.2, 0.25) is 0 Å². The summed E-state index contributed by atoms with van der Waals surface area (Å²) in [5.74, 6) is 6.98. The number of para-hydroxylation sites is 2. The van der Waals surface area contributed by atoms with Crippen molar-refractivity contribution in [2.24, 2.45) is 0 Å². The average Bonchev–Trinajstić information content (AvgIpc) is 3.44. The minimum atomic E-state index is -0.151. The minimum absolute atomic E-state index is 0.151. The second-order valence-electron chi connectivity index (χ2n) is 12.5. The number of anilines is 5.